The number of urea groups is 1. The number of alkyl halides is 6. The third-order valence-electron chi connectivity index (χ3n) is 5.46. The van der Waals surface area contributed by atoms with E-state index in [4.69, 9.17) is 0 Å². The van der Waals surface area contributed by atoms with Crippen molar-refractivity contribution in [3.8, 4) is 0 Å². The minimum atomic E-state index is -5.96. The Morgan fingerprint density at radius 3 is 2.25 bits per heavy atom. The number of aryl methyl sites for hydroxylation is 1. The van der Waals surface area contributed by atoms with Gasteiger partial charge < -0.3 is 10.4 Å². The highest BCUT2D eigenvalue weighted by atomic mass is 19.4. The molecule has 4 nitrogen and oxygen atoms in total. The molecule has 32 heavy (non-hydrogen) atoms. The van der Waals surface area contributed by atoms with E-state index in [1.54, 1.807) is 0 Å². The van der Waals surface area contributed by atoms with Crippen molar-refractivity contribution >= 4 is 11.7 Å². The van der Waals surface area contributed by atoms with Crippen LogP contribution in [-0.2, 0) is 18.4 Å². The van der Waals surface area contributed by atoms with E-state index in [-0.39, 0.29) is 24.2 Å². The molecule has 0 aliphatic carbocycles. The molecule has 0 saturated heterocycles. The van der Waals surface area contributed by atoms with E-state index in [0.29, 0.717) is 37.9 Å². The van der Waals surface area contributed by atoms with E-state index in [1.807, 2.05) is 30.3 Å². The fraction of sp³-hybridized carbons (Fsp3) is 0.409. The van der Waals surface area contributed by atoms with Crippen molar-refractivity contribution in [1.82, 2.24) is 5.32 Å². The Hall–Kier alpha value is -2.75. The molecule has 2 aromatic rings. The van der Waals surface area contributed by atoms with E-state index in [0.717, 1.165) is 11.6 Å². The quantitative estimate of drug-likeness (QED) is 0.625. The zero-order valence-corrected chi connectivity index (χ0v) is 16.9. The van der Waals surface area contributed by atoms with Crippen LogP contribution in [0.5, 0.6) is 0 Å². The van der Waals surface area contributed by atoms with Gasteiger partial charge in [0.1, 0.15) is 0 Å². The first-order valence-electron chi connectivity index (χ1n) is 10.0. The molecule has 0 fully saturated rings. The molecule has 10 heteroatoms. The Balaban J connectivity index is 1.85. The van der Waals surface area contributed by atoms with Gasteiger partial charge in [-0.1, -0.05) is 42.5 Å². The van der Waals surface area contributed by atoms with E-state index in [1.165, 1.54) is 4.90 Å². The van der Waals surface area contributed by atoms with Crippen molar-refractivity contribution in [2.24, 2.45) is 0 Å². The lowest BCUT2D eigenvalue weighted by Crippen LogP contribution is -2.54. The van der Waals surface area contributed by atoms with Crippen LogP contribution < -0.4 is 10.2 Å². The smallest absolute Gasteiger partial charge is 0.369 e. The highest BCUT2D eigenvalue weighted by Gasteiger charge is 2.71. The van der Waals surface area contributed by atoms with Crippen LogP contribution in [0.25, 0.3) is 0 Å². The van der Waals surface area contributed by atoms with Crippen LogP contribution in [0.2, 0.25) is 0 Å². The van der Waals surface area contributed by atoms with Gasteiger partial charge in [-0.25, -0.2) is 4.79 Å². The molecule has 0 bridgehead atoms. The Bertz CT molecular complexity index is 930. The maximum absolute atomic E-state index is 13.2. The first-order valence-corrected chi connectivity index (χ1v) is 10.0. The number of nitrogens with zero attached hydrogens (tertiary/aromatic N) is 1. The molecule has 0 spiro atoms. The van der Waals surface area contributed by atoms with E-state index in [9.17, 15) is 36.2 Å². The van der Waals surface area contributed by atoms with Crippen LogP contribution in [0.1, 0.15) is 29.5 Å². The maximum Gasteiger partial charge on any atom is 0.430 e. The molecule has 0 atom stereocenters. The summed E-state index contributed by atoms with van der Waals surface area (Å²) in [5.41, 5.74) is -4.93. The van der Waals surface area contributed by atoms with E-state index in [2.05, 4.69) is 5.32 Å². The molecular formula is C22H22F6N2O2. The lowest BCUT2D eigenvalue weighted by atomic mass is 9.89. The van der Waals surface area contributed by atoms with Gasteiger partial charge in [0.2, 0.25) is 0 Å². The van der Waals surface area contributed by atoms with Gasteiger partial charge in [-0.3, -0.25) is 4.90 Å². The molecule has 2 N–H and O–H groups in total. The number of fused-ring (bicyclic) bond motifs is 1. The standard InChI is InChI=1S/C22H22F6N2O2/c23-21(24,25)20(32,22(26,27)28)17-9-10-18-16(14-17)8-4-5-13-30(18)19(31)29-12-11-15-6-2-1-3-7-15/h1-3,6-7,9-10,14,32H,4-5,8,11-13H2,(H,29,31). The summed E-state index contributed by atoms with van der Waals surface area (Å²) in [6.07, 6.45) is -10.2. The maximum atomic E-state index is 13.2. The average Bonchev–Trinajstić information content (AvgIpc) is 2.94. The number of rotatable bonds is 4. The summed E-state index contributed by atoms with van der Waals surface area (Å²) in [4.78, 5) is 14.0. The summed E-state index contributed by atoms with van der Waals surface area (Å²) >= 11 is 0. The number of nitrogens with one attached hydrogen (secondary N) is 1. The molecular weight excluding hydrogens is 438 g/mol. The zero-order valence-electron chi connectivity index (χ0n) is 16.9. The van der Waals surface area contributed by atoms with Crippen molar-refractivity contribution in [3.05, 3.63) is 65.2 Å². The third kappa shape index (κ3) is 4.69. The van der Waals surface area contributed by atoms with Gasteiger partial charge in [-0.2, -0.15) is 26.3 Å². The van der Waals surface area contributed by atoms with Gasteiger partial charge in [-0.15, -0.1) is 0 Å². The Morgan fingerprint density at radius 1 is 0.969 bits per heavy atom. The molecule has 1 heterocycles. The second-order valence-electron chi connectivity index (χ2n) is 7.63. The highest BCUT2D eigenvalue weighted by Crippen LogP contribution is 2.50. The van der Waals surface area contributed by atoms with Gasteiger partial charge in [0.25, 0.3) is 5.60 Å². The molecule has 1 aliphatic heterocycles. The van der Waals surface area contributed by atoms with Gasteiger partial charge in [0.05, 0.1) is 0 Å². The number of hydrogen-bond acceptors (Lipinski definition) is 2. The van der Waals surface area contributed by atoms with Gasteiger partial charge >= 0.3 is 18.4 Å². The zero-order chi connectivity index (χ0) is 23.6. The molecule has 0 radical (unpaired) electrons. The number of benzene rings is 2. The highest BCUT2D eigenvalue weighted by molar-refractivity contribution is 5.93. The molecule has 2 aromatic carbocycles. The monoisotopic (exact) mass is 460 g/mol. The number of carbonyl (C=O) groups is 1. The average molecular weight is 460 g/mol. The van der Waals surface area contributed by atoms with Crippen molar-refractivity contribution in [3.63, 3.8) is 0 Å². The summed E-state index contributed by atoms with van der Waals surface area (Å²) < 4.78 is 79.4. The summed E-state index contributed by atoms with van der Waals surface area (Å²) in [5, 5.41) is 12.4. The predicted molar refractivity (Wildman–Crippen MR) is 106 cm³/mol. The first-order chi connectivity index (χ1) is 14.9. The fourth-order valence-electron chi connectivity index (χ4n) is 3.73. The summed E-state index contributed by atoms with van der Waals surface area (Å²) in [6, 6.07) is 11.2. The predicted octanol–water partition coefficient (Wildman–Crippen LogP) is 5.09. The number of anilines is 1. The molecule has 1 aliphatic rings. The lowest BCUT2D eigenvalue weighted by molar-refractivity contribution is -0.376. The number of hydrogen-bond donors (Lipinski definition) is 2. The molecule has 174 valence electrons. The van der Waals surface area contributed by atoms with Crippen LogP contribution in [-0.4, -0.2) is 36.6 Å². The molecule has 2 amide bonds. The Kier molecular flexibility index (Phi) is 6.73. The summed E-state index contributed by atoms with van der Waals surface area (Å²) in [6.45, 7) is 0.584. The number of amides is 2. The third-order valence-corrected chi connectivity index (χ3v) is 5.46. The normalized spacial score (nSPS) is 15.2. The van der Waals surface area contributed by atoms with Crippen molar-refractivity contribution < 1.29 is 36.2 Å². The lowest BCUT2D eigenvalue weighted by Gasteiger charge is -2.33. The van der Waals surface area contributed by atoms with Crippen molar-refractivity contribution in [2.75, 3.05) is 18.0 Å². The SMILES string of the molecule is O=C(NCCc1ccccc1)N1CCCCc2cc(C(O)(C(F)(F)F)C(F)(F)F)ccc21. The van der Waals surface area contributed by atoms with Crippen LogP contribution in [0.4, 0.5) is 36.8 Å². The van der Waals surface area contributed by atoms with Crippen molar-refractivity contribution in [1.29, 1.82) is 0 Å². The second kappa shape index (κ2) is 9.01. The van der Waals surface area contributed by atoms with Crippen LogP contribution in [0.3, 0.4) is 0 Å². The molecule has 0 saturated carbocycles. The van der Waals surface area contributed by atoms with Crippen LogP contribution in [0, 0.1) is 0 Å². The largest absolute Gasteiger partial charge is 0.430 e. The van der Waals surface area contributed by atoms with E-state index < -0.39 is 29.5 Å². The topological polar surface area (TPSA) is 52.6 Å². The molecule has 0 aromatic heterocycles. The summed E-state index contributed by atoms with van der Waals surface area (Å²) in [5.74, 6) is 0. The summed E-state index contributed by atoms with van der Waals surface area (Å²) in [7, 11) is 0. The number of halogens is 6. The molecule has 0 unspecified atom stereocenters. The first kappa shape index (κ1) is 23.9. The van der Waals surface area contributed by atoms with Gasteiger partial charge in [0.15, 0.2) is 0 Å². The second-order valence-corrected chi connectivity index (χ2v) is 7.63. The Morgan fingerprint density at radius 2 is 1.62 bits per heavy atom. The van der Waals surface area contributed by atoms with Crippen molar-refractivity contribution in [2.45, 2.75) is 43.6 Å². The number of aliphatic hydroxyl groups is 1. The van der Waals surface area contributed by atoms with Crippen LogP contribution >= 0.6 is 0 Å². The Labute approximate surface area is 180 Å². The fourth-order valence-corrected chi connectivity index (χ4v) is 3.73. The minimum absolute atomic E-state index is 0.144. The minimum Gasteiger partial charge on any atom is -0.369 e. The van der Waals surface area contributed by atoms with E-state index >= 15 is 0 Å². The number of carbonyl (C=O) groups excluding carboxylic acids is 1. The van der Waals surface area contributed by atoms with Crippen LogP contribution in [0.15, 0.2) is 48.5 Å². The van der Waals surface area contributed by atoms with Gasteiger partial charge in [0, 0.05) is 24.3 Å². The molecule has 3 rings (SSSR count). The van der Waals surface area contributed by atoms with Gasteiger partial charge in [-0.05, 0) is 42.9 Å².